The molecule has 0 aliphatic carbocycles. The quantitative estimate of drug-likeness (QED) is 0.565. The van der Waals surface area contributed by atoms with E-state index >= 15 is 0 Å². The molecule has 1 fully saturated rings. The van der Waals surface area contributed by atoms with Gasteiger partial charge in [0.2, 0.25) is 5.91 Å². The van der Waals surface area contributed by atoms with Crippen LogP contribution in [-0.2, 0) is 16.0 Å². The number of benzene rings is 1. The first-order valence-electron chi connectivity index (χ1n) is 11.6. The highest BCUT2D eigenvalue weighted by Crippen LogP contribution is 2.30. The molecule has 0 N–H and O–H groups in total. The van der Waals surface area contributed by atoms with Gasteiger partial charge in [-0.25, -0.2) is 4.79 Å². The van der Waals surface area contributed by atoms with Crippen LogP contribution in [0.3, 0.4) is 0 Å². The van der Waals surface area contributed by atoms with Gasteiger partial charge in [0.25, 0.3) is 0 Å². The van der Waals surface area contributed by atoms with Gasteiger partial charge in [0.15, 0.2) is 5.69 Å². The molecule has 1 aliphatic heterocycles. The maximum Gasteiger partial charge on any atom is 0.358 e. The van der Waals surface area contributed by atoms with E-state index in [1.165, 1.54) is 5.56 Å². The van der Waals surface area contributed by atoms with Crippen molar-refractivity contribution in [3.63, 3.8) is 0 Å². The number of hydrogen-bond acceptors (Lipinski definition) is 4. The fourth-order valence-corrected chi connectivity index (χ4v) is 4.03. The van der Waals surface area contributed by atoms with Crippen LogP contribution in [-0.4, -0.2) is 46.3 Å². The Bertz CT molecular complexity index is 878. The van der Waals surface area contributed by atoms with Crippen LogP contribution in [0.15, 0.2) is 30.3 Å². The van der Waals surface area contributed by atoms with Gasteiger partial charge in [-0.05, 0) is 55.7 Å². The SMILES string of the molecule is CCOC(=O)c1cc(-c2ccc(CC)cc2)n(C2CCN(C(=O)CCC(C)C)CC2)n1. The molecular formula is C25H35N3O3. The predicted molar refractivity (Wildman–Crippen MR) is 122 cm³/mol. The van der Waals surface area contributed by atoms with E-state index in [4.69, 9.17) is 4.74 Å². The van der Waals surface area contributed by atoms with Crippen molar-refractivity contribution in [3.05, 3.63) is 41.6 Å². The number of aryl methyl sites for hydroxylation is 1. The van der Waals surface area contributed by atoms with E-state index in [0.29, 0.717) is 24.6 Å². The fourth-order valence-electron chi connectivity index (χ4n) is 4.03. The monoisotopic (exact) mass is 425 g/mol. The first-order chi connectivity index (χ1) is 14.9. The Kier molecular flexibility index (Phi) is 7.88. The van der Waals surface area contributed by atoms with Crippen molar-refractivity contribution in [2.75, 3.05) is 19.7 Å². The van der Waals surface area contributed by atoms with Gasteiger partial charge in [-0.15, -0.1) is 0 Å². The summed E-state index contributed by atoms with van der Waals surface area (Å²) in [5.41, 5.74) is 3.58. The van der Waals surface area contributed by atoms with Crippen LogP contribution in [0.2, 0.25) is 0 Å². The standard InChI is InChI=1S/C25H35N3O3/c1-5-19-8-10-20(11-9-19)23-17-22(25(30)31-6-2)26-28(23)21-13-15-27(16-14-21)24(29)12-7-18(3)4/h8-11,17-18,21H,5-7,12-16H2,1-4H3. The minimum absolute atomic E-state index is 0.151. The lowest BCUT2D eigenvalue weighted by Crippen LogP contribution is -2.39. The first-order valence-corrected chi connectivity index (χ1v) is 11.6. The molecule has 1 aliphatic rings. The number of aromatic nitrogens is 2. The summed E-state index contributed by atoms with van der Waals surface area (Å²) in [6.45, 7) is 10.00. The Morgan fingerprint density at radius 1 is 1.13 bits per heavy atom. The van der Waals surface area contributed by atoms with Crippen molar-refractivity contribution in [2.45, 2.75) is 65.8 Å². The largest absolute Gasteiger partial charge is 0.461 e. The number of likely N-dealkylation sites (tertiary alicyclic amines) is 1. The zero-order valence-electron chi connectivity index (χ0n) is 19.3. The zero-order chi connectivity index (χ0) is 22.4. The minimum Gasteiger partial charge on any atom is -0.461 e. The van der Waals surface area contributed by atoms with E-state index < -0.39 is 5.97 Å². The third kappa shape index (κ3) is 5.75. The lowest BCUT2D eigenvalue weighted by molar-refractivity contribution is -0.132. The second-order valence-corrected chi connectivity index (χ2v) is 8.67. The van der Waals surface area contributed by atoms with Crippen molar-refractivity contribution in [1.29, 1.82) is 0 Å². The number of hydrogen-bond donors (Lipinski definition) is 0. The highest BCUT2D eigenvalue weighted by atomic mass is 16.5. The highest BCUT2D eigenvalue weighted by Gasteiger charge is 2.27. The summed E-state index contributed by atoms with van der Waals surface area (Å²) >= 11 is 0. The smallest absolute Gasteiger partial charge is 0.358 e. The average molecular weight is 426 g/mol. The molecule has 6 nitrogen and oxygen atoms in total. The number of nitrogens with zero attached hydrogens (tertiary/aromatic N) is 3. The van der Waals surface area contributed by atoms with Gasteiger partial charge in [0.1, 0.15) is 0 Å². The zero-order valence-corrected chi connectivity index (χ0v) is 19.3. The Labute approximate surface area is 185 Å². The number of carbonyl (C=O) groups is 2. The van der Waals surface area contributed by atoms with Crippen LogP contribution in [0.1, 0.15) is 75.5 Å². The number of rotatable bonds is 8. The molecule has 1 saturated heterocycles. The molecule has 0 bridgehead atoms. The third-order valence-corrected chi connectivity index (χ3v) is 5.98. The maximum absolute atomic E-state index is 12.5. The van der Waals surface area contributed by atoms with Crippen LogP contribution in [0.5, 0.6) is 0 Å². The number of carbonyl (C=O) groups excluding carboxylic acids is 2. The van der Waals surface area contributed by atoms with E-state index in [9.17, 15) is 9.59 Å². The van der Waals surface area contributed by atoms with Gasteiger partial charge in [-0.2, -0.15) is 5.10 Å². The fraction of sp³-hybridized carbons (Fsp3) is 0.560. The normalized spacial score (nSPS) is 14.8. The molecule has 168 valence electrons. The molecule has 2 heterocycles. The Hall–Kier alpha value is -2.63. The van der Waals surface area contributed by atoms with Gasteiger partial charge < -0.3 is 9.64 Å². The molecule has 0 atom stereocenters. The molecule has 0 radical (unpaired) electrons. The summed E-state index contributed by atoms with van der Waals surface area (Å²) in [5, 5.41) is 4.64. The van der Waals surface area contributed by atoms with Crippen molar-refractivity contribution in [1.82, 2.24) is 14.7 Å². The molecule has 1 aromatic carbocycles. The molecule has 2 aromatic rings. The van der Waals surface area contributed by atoms with Gasteiger partial charge in [0, 0.05) is 19.5 Å². The number of ether oxygens (including phenoxy) is 1. The van der Waals surface area contributed by atoms with E-state index in [1.54, 1.807) is 6.92 Å². The molecule has 6 heteroatoms. The molecular weight excluding hydrogens is 390 g/mol. The molecule has 1 aromatic heterocycles. The predicted octanol–water partition coefficient (Wildman–Crippen LogP) is 4.89. The summed E-state index contributed by atoms with van der Waals surface area (Å²) in [7, 11) is 0. The molecule has 1 amide bonds. The molecule has 31 heavy (non-hydrogen) atoms. The Morgan fingerprint density at radius 3 is 2.39 bits per heavy atom. The molecule has 0 spiro atoms. The van der Waals surface area contributed by atoms with Crippen LogP contribution in [0.25, 0.3) is 11.3 Å². The van der Waals surface area contributed by atoms with Crippen LogP contribution in [0.4, 0.5) is 0 Å². The Morgan fingerprint density at radius 2 is 1.81 bits per heavy atom. The van der Waals surface area contributed by atoms with Gasteiger partial charge in [-0.1, -0.05) is 45.0 Å². The van der Waals surface area contributed by atoms with Crippen molar-refractivity contribution < 1.29 is 14.3 Å². The second kappa shape index (κ2) is 10.6. The maximum atomic E-state index is 12.5. The van der Waals surface area contributed by atoms with E-state index in [-0.39, 0.29) is 11.9 Å². The van der Waals surface area contributed by atoms with E-state index in [1.807, 2.05) is 15.6 Å². The summed E-state index contributed by atoms with van der Waals surface area (Å²) in [6, 6.07) is 10.4. The summed E-state index contributed by atoms with van der Waals surface area (Å²) in [4.78, 5) is 26.8. The summed E-state index contributed by atoms with van der Waals surface area (Å²) in [5.74, 6) is 0.387. The minimum atomic E-state index is -0.394. The third-order valence-electron chi connectivity index (χ3n) is 5.98. The van der Waals surface area contributed by atoms with Gasteiger partial charge in [-0.3, -0.25) is 9.48 Å². The molecule has 0 unspecified atom stereocenters. The van der Waals surface area contributed by atoms with Crippen molar-refractivity contribution >= 4 is 11.9 Å². The summed E-state index contributed by atoms with van der Waals surface area (Å²) < 4.78 is 7.16. The summed E-state index contributed by atoms with van der Waals surface area (Å²) in [6.07, 6.45) is 4.19. The van der Waals surface area contributed by atoms with Crippen molar-refractivity contribution in [2.24, 2.45) is 5.92 Å². The second-order valence-electron chi connectivity index (χ2n) is 8.67. The number of piperidine rings is 1. The number of esters is 1. The van der Waals surface area contributed by atoms with E-state index in [0.717, 1.165) is 50.0 Å². The lowest BCUT2D eigenvalue weighted by Gasteiger charge is -2.33. The number of amides is 1. The van der Waals surface area contributed by atoms with Crippen LogP contribution >= 0.6 is 0 Å². The van der Waals surface area contributed by atoms with Gasteiger partial charge in [0.05, 0.1) is 18.3 Å². The highest BCUT2D eigenvalue weighted by molar-refractivity contribution is 5.88. The Balaban J connectivity index is 1.79. The first kappa shape index (κ1) is 23.0. The van der Waals surface area contributed by atoms with Crippen LogP contribution < -0.4 is 0 Å². The van der Waals surface area contributed by atoms with Crippen molar-refractivity contribution in [3.8, 4) is 11.3 Å². The molecule has 3 rings (SSSR count). The van der Waals surface area contributed by atoms with E-state index in [2.05, 4.69) is 50.1 Å². The average Bonchev–Trinajstić information content (AvgIpc) is 3.23. The van der Waals surface area contributed by atoms with Gasteiger partial charge >= 0.3 is 5.97 Å². The lowest BCUT2D eigenvalue weighted by atomic mass is 10.0. The molecule has 0 saturated carbocycles. The van der Waals surface area contributed by atoms with Crippen LogP contribution in [0, 0.1) is 5.92 Å². The topological polar surface area (TPSA) is 64.4 Å².